The topological polar surface area (TPSA) is 92.3 Å². The lowest BCUT2D eigenvalue weighted by Gasteiger charge is -2.35. The predicted molar refractivity (Wildman–Crippen MR) is 76.4 cm³/mol. The van der Waals surface area contributed by atoms with Crippen LogP contribution in [-0.2, 0) is 10.0 Å². The maximum Gasteiger partial charge on any atom is 0.285 e. The van der Waals surface area contributed by atoms with Gasteiger partial charge in [0.25, 0.3) is 5.91 Å². The van der Waals surface area contributed by atoms with Crippen LogP contribution in [0.2, 0.25) is 4.47 Å². The van der Waals surface area contributed by atoms with Gasteiger partial charge in [0, 0.05) is 19.1 Å². The highest BCUT2D eigenvalue weighted by Crippen LogP contribution is 2.22. The molecule has 2 rings (SSSR count). The zero-order chi connectivity index (χ0) is 14.8. The molecular weight excluding hydrogens is 324 g/mol. The van der Waals surface area contributed by atoms with Crippen LogP contribution in [0.5, 0.6) is 0 Å². The molecule has 1 atom stereocenters. The number of sulfonamides is 1. The van der Waals surface area contributed by atoms with Crippen molar-refractivity contribution in [2.75, 3.05) is 19.3 Å². The van der Waals surface area contributed by atoms with Gasteiger partial charge in [0.1, 0.15) is 0 Å². The zero-order valence-electron chi connectivity index (χ0n) is 10.9. The Morgan fingerprint density at radius 2 is 2.25 bits per heavy atom. The molecule has 1 aliphatic heterocycles. The Morgan fingerprint density at radius 3 is 2.85 bits per heavy atom. The number of carbonyl (C=O) groups excluding carboxylic acids is 1. The van der Waals surface area contributed by atoms with E-state index in [9.17, 15) is 13.2 Å². The number of rotatable bonds is 4. The summed E-state index contributed by atoms with van der Waals surface area (Å²) in [4.78, 5) is 14.0. The van der Waals surface area contributed by atoms with E-state index in [0.29, 0.717) is 6.54 Å². The van der Waals surface area contributed by atoms with Crippen LogP contribution in [-0.4, -0.2) is 54.8 Å². The summed E-state index contributed by atoms with van der Waals surface area (Å²) in [5.41, 5.74) is 0. The van der Waals surface area contributed by atoms with Gasteiger partial charge in [-0.25, -0.2) is 13.1 Å². The first-order valence-corrected chi connectivity index (χ1v) is 9.20. The fourth-order valence-electron chi connectivity index (χ4n) is 2.14. The van der Waals surface area contributed by atoms with Crippen LogP contribution >= 0.6 is 22.9 Å². The summed E-state index contributed by atoms with van der Waals surface area (Å²) in [5, 5.41) is 7.60. The van der Waals surface area contributed by atoms with Crippen molar-refractivity contribution in [3.05, 3.63) is 9.47 Å². The summed E-state index contributed by atoms with van der Waals surface area (Å²) < 4.78 is 25.0. The Labute approximate surface area is 126 Å². The molecule has 1 unspecified atom stereocenters. The normalized spacial score (nSPS) is 20.1. The Bertz CT molecular complexity index is 589. The lowest BCUT2D eigenvalue weighted by atomic mass is 10.0. The van der Waals surface area contributed by atoms with Crippen molar-refractivity contribution < 1.29 is 13.2 Å². The van der Waals surface area contributed by atoms with E-state index in [0.717, 1.165) is 36.9 Å². The first-order valence-electron chi connectivity index (χ1n) is 6.11. The van der Waals surface area contributed by atoms with Gasteiger partial charge in [-0.15, -0.1) is 10.2 Å². The SMILES string of the molecule is CS(=O)(=O)NCC1CCCCN1C(=O)c1nnc(Cl)s1. The number of hydrogen-bond donors (Lipinski definition) is 1. The molecule has 1 aliphatic rings. The molecule has 1 aromatic heterocycles. The Hall–Kier alpha value is -0.770. The van der Waals surface area contributed by atoms with Crippen molar-refractivity contribution in [2.45, 2.75) is 25.3 Å². The number of amides is 1. The van der Waals surface area contributed by atoms with E-state index in [1.54, 1.807) is 4.90 Å². The Morgan fingerprint density at radius 1 is 1.50 bits per heavy atom. The first-order chi connectivity index (χ1) is 9.37. The molecule has 7 nitrogen and oxygen atoms in total. The van der Waals surface area contributed by atoms with Gasteiger partial charge in [-0.1, -0.05) is 11.3 Å². The first kappa shape index (κ1) is 15.6. The van der Waals surface area contributed by atoms with Crippen molar-refractivity contribution >= 4 is 38.9 Å². The van der Waals surface area contributed by atoms with E-state index >= 15 is 0 Å². The Balaban J connectivity index is 2.08. The second-order valence-electron chi connectivity index (χ2n) is 4.63. The third kappa shape index (κ3) is 4.11. The van der Waals surface area contributed by atoms with E-state index in [1.807, 2.05) is 0 Å². The molecule has 0 radical (unpaired) electrons. The standard InChI is InChI=1S/C10H15ClN4O3S2/c1-20(17,18)12-6-7-4-2-3-5-15(7)9(16)8-13-14-10(11)19-8/h7,12H,2-6H2,1H3. The monoisotopic (exact) mass is 338 g/mol. The molecule has 1 saturated heterocycles. The third-order valence-corrected chi connectivity index (χ3v) is 4.75. The van der Waals surface area contributed by atoms with Crippen LogP contribution in [0.15, 0.2) is 0 Å². The summed E-state index contributed by atoms with van der Waals surface area (Å²) in [6, 6.07) is -0.159. The molecule has 0 spiro atoms. The molecule has 1 N–H and O–H groups in total. The molecule has 112 valence electrons. The molecule has 1 aromatic rings. The largest absolute Gasteiger partial charge is 0.332 e. The van der Waals surface area contributed by atoms with Crippen molar-refractivity contribution in [3.63, 3.8) is 0 Å². The summed E-state index contributed by atoms with van der Waals surface area (Å²) in [6.45, 7) is 0.809. The minimum Gasteiger partial charge on any atom is -0.332 e. The number of likely N-dealkylation sites (tertiary alicyclic amines) is 1. The van der Waals surface area contributed by atoms with Crippen LogP contribution < -0.4 is 4.72 Å². The van der Waals surface area contributed by atoms with E-state index in [2.05, 4.69) is 14.9 Å². The summed E-state index contributed by atoms with van der Waals surface area (Å²) in [6.07, 6.45) is 3.73. The quantitative estimate of drug-likeness (QED) is 0.874. The molecule has 1 amide bonds. The average molecular weight is 339 g/mol. The fourth-order valence-corrected chi connectivity index (χ4v) is 3.42. The van der Waals surface area contributed by atoms with Crippen LogP contribution in [0.3, 0.4) is 0 Å². The van der Waals surface area contributed by atoms with Crippen molar-refractivity contribution in [2.24, 2.45) is 0 Å². The van der Waals surface area contributed by atoms with Crippen LogP contribution in [0, 0.1) is 0 Å². The van der Waals surface area contributed by atoms with Gasteiger partial charge in [-0.3, -0.25) is 4.79 Å². The number of carbonyl (C=O) groups is 1. The molecule has 0 bridgehead atoms. The smallest absolute Gasteiger partial charge is 0.285 e. The fraction of sp³-hybridized carbons (Fsp3) is 0.700. The van der Waals surface area contributed by atoms with Crippen LogP contribution in [0.25, 0.3) is 0 Å². The van der Waals surface area contributed by atoms with Gasteiger partial charge in [-0.05, 0) is 30.9 Å². The summed E-state index contributed by atoms with van der Waals surface area (Å²) >= 11 is 6.71. The predicted octanol–water partition coefficient (Wildman–Crippen LogP) is 0.735. The van der Waals surface area contributed by atoms with Gasteiger partial charge in [0.15, 0.2) is 0 Å². The maximum absolute atomic E-state index is 12.3. The molecule has 10 heteroatoms. The number of hydrogen-bond acceptors (Lipinski definition) is 6. The minimum atomic E-state index is -3.27. The van der Waals surface area contributed by atoms with Gasteiger partial charge < -0.3 is 4.90 Å². The van der Waals surface area contributed by atoms with Crippen molar-refractivity contribution in [1.82, 2.24) is 19.8 Å². The molecule has 0 aromatic carbocycles. The lowest BCUT2D eigenvalue weighted by molar-refractivity contribution is 0.0617. The molecule has 20 heavy (non-hydrogen) atoms. The van der Waals surface area contributed by atoms with E-state index in [1.165, 1.54) is 0 Å². The molecular formula is C10H15ClN4O3S2. The average Bonchev–Trinajstić information content (AvgIpc) is 2.82. The molecule has 2 heterocycles. The Kier molecular flexibility index (Phi) is 4.95. The number of piperidine rings is 1. The second-order valence-corrected chi connectivity index (χ2v) is 8.02. The zero-order valence-corrected chi connectivity index (χ0v) is 13.3. The summed E-state index contributed by atoms with van der Waals surface area (Å²) in [7, 11) is -3.27. The van der Waals surface area contributed by atoms with Crippen LogP contribution in [0.1, 0.15) is 29.1 Å². The number of nitrogens with one attached hydrogen (secondary N) is 1. The third-order valence-electron chi connectivity index (χ3n) is 3.05. The highest BCUT2D eigenvalue weighted by molar-refractivity contribution is 7.88. The van der Waals surface area contributed by atoms with Crippen molar-refractivity contribution in [3.8, 4) is 0 Å². The van der Waals surface area contributed by atoms with Gasteiger partial charge in [0.05, 0.1) is 6.26 Å². The molecule has 1 fully saturated rings. The highest BCUT2D eigenvalue weighted by atomic mass is 35.5. The lowest BCUT2D eigenvalue weighted by Crippen LogP contribution is -2.49. The maximum atomic E-state index is 12.3. The molecule has 0 aliphatic carbocycles. The second kappa shape index (κ2) is 6.33. The number of aromatic nitrogens is 2. The number of halogens is 1. The summed E-state index contributed by atoms with van der Waals surface area (Å²) in [5.74, 6) is -0.241. The van der Waals surface area contributed by atoms with Crippen LogP contribution in [0.4, 0.5) is 0 Å². The van der Waals surface area contributed by atoms with E-state index in [4.69, 9.17) is 11.6 Å². The van der Waals surface area contributed by atoms with Gasteiger partial charge >= 0.3 is 0 Å². The van der Waals surface area contributed by atoms with Gasteiger partial charge in [-0.2, -0.15) is 0 Å². The van der Waals surface area contributed by atoms with E-state index < -0.39 is 10.0 Å². The number of nitrogens with zero attached hydrogens (tertiary/aromatic N) is 3. The highest BCUT2D eigenvalue weighted by Gasteiger charge is 2.29. The van der Waals surface area contributed by atoms with Crippen molar-refractivity contribution in [1.29, 1.82) is 0 Å². The van der Waals surface area contributed by atoms with E-state index in [-0.39, 0.29) is 28.0 Å². The van der Waals surface area contributed by atoms with Gasteiger partial charge in [0.2, 0.25) is 19.5 Å². The molecule has 0 saturated carbocycles. The minimum absolute atomic E-state index is 0.159.